The average molecular weight is 388 g/mol. The van der Waals surface area contributed by atoms with Gasteiger partial charge in [0.2, 0.25) is 0 Å². The normalized spacial score (nSPS) is 10.7. The molecule has 1 aromatic rings. The van der Waals surface area contributed by atoms with Crippen molar-refractivity contribution in [2.24, 2.45) is 0 Å². The van der Waals surface area contributed by atoms with Crippen LogP contribution in [0, 0.1) is 0 Å². The maximum atomic E-state index is 11.9. The van der Waals surface area contributed by atoms with Gasteiger partial charge in [0.25, 0.3) is 5.91 Å². The Morgan fingerprint density at radius 2 is 1.68 bits per heavy atom. The first-order chi connectivity index (χ1) is 10.3. The Morgan fingerprint density at radius 3 is 2.23 bits per heavy atom. The Hall–Kier alpha value is -0.750. The molecule has 0 fully saturated rings. The van der Waals surface area contributed by atoms with Crippen molar-refractivity contribution in [1.82, 2.24) is 10.3 Å². The van der Waals surface area contributed by atoms with Gasteiger partial charge in [0.05, 0.1) is 15.1 Å². The Morgan fingerprint density at radius 1 is 1.09 bits per heavy atom. The van der Waals surface area contributed by atoms with E-state index in [1.165, 1.54) is 0 Å². The first kappa shape index (κ1) is 19.3. The van der Waals surface area contributed by atoms with Crippen molar-refractivity contribution in [2.75, 3.05) is 6.61 Å². The van der Waals surface area contributed by atoms with Gasteiger partial charge in [-0.15, -0.1) is 0 Å². The van der Waals surface area contributed by atoms with Gasteiger partial charge in [0.15, 0.2) is 12.3 Å². The van der Waals surface area contributed by atoms with Crippen molar-refractivity contribution in [2.45, 2.75) is 32.7 Å². The van der Waals surface area contributed by atoms with Gasteiger partial charge in [-0.25, -0.2) is 9.78 Å². The van der Waals surface area contributed by atoms with Crippen molar-refractivity contribution >= 4 is 58.3 Å². The predicted molar refractivity (Wildman–Crippen MR) is 87.1 cm³/mol. The molecule has 9 heteroatoms. The van der Waals surface area contributed by atoms with E-state index in [2.05, 4.69) is 10.3 Å². The summed E-state index contributed by atoms with van der Waals surface area (Å²) >= 11 is 23.2. The summed E-state index contributed by atoms with van der Waals surface area (Å²) in [6.45, 7) is 3.44. The largest absolute Gasteiger partial charge is 0.451 e. The molecule has 0 saturated carbocycles. The molecule has 1 N–H and O–H groups in total. The van der Waals surface area contributed by atoms with Crippen LogP contribution in [0.15, 0.2) is 0 Å². The first-order valence-corrected chi connectivity index (χ1v) is 7.99. The Labute approximate surface area is 148 Å². The highest BCUT2D eigenvalue weighted by Gasteiger charge is 2.22. The minimum Gasteiger partial charge on any atom is -0.451 e. The minimum atomic E-state index is -0.912. The van der Waals surface area contributed by atoms with Gasteiger partial charge in [0, 0.05) is 6.04 Å². The van der Waals surface area contributed by atoms with E-state index in [-0.39, 0.29) is 32.0 Å². The summed E-state index contributed by atoms with van der Waals surface area (Å²) in [5.41, 5.74) is -0.295. The number of rotatable bonds is 6. The maximum Gasteiger partial charge on any atom is 0.359 e. The quantitative estimate of drug-likeness (QED) is 0.587. The predicted octanol–water partition coefficient (Wildman–Crippen LogP) is 4.16. The fraction of sp³-hybridized carbons (Fsp3) is 0.462. The minimum absolute atomic E-state index is 0.0346. The van der Waals surface area contributed by atoms with Crippen LogP contribution in [-0.4, -0.2) is 29.5 Å². The van der Waals surface area contributed by atoms with Crippen LogP contribution in [-0.2, 0) is 9.53 Å². The van der Waals surface area contributed by atoms with Crippen LogP contribution >= 0.6 is 46.4 Å². The van der Waals surface area contributed by atoms with E-state index in [0.29, 0.717) is 0 Å². The maximum absolute atomic E-state index is 11.9. The van der Waals surface area contributed by atoms with Gasteiger partial charge in [-0.05, 0) is 12.8 Å². The molecule has 0 bridgehead atoms. The molecule has 1 rings (SSSR count). The second-order valence-corrected chi connectivity index (χ2v) is 5.84. The molecule has 0 radical (unpaired) electrons. The third-order valence-electron chi connectivity index (χ3n) is 2.86. The van der Waals surface area contributed by atoms with Crippen LogP contribution in [0.25, 0.3) is 0 Å². The number of amides is 1. The number of pyridine rings is 1. The van der Waals surface area contributed by atoms with E-state index in [4.69, 9.17) is 51.1 Å². The van der Waals surface area contributed by atoms with Crippen LogP contribution in [0.5, 0.6) is 0 Å². The van der Waals surface area contributed by atoms with Crippen LogP contribution in [0.2, 0.25) is 20.2 Å². The van der Waals surface area contributed by atoms with Gasteiger partial charge in [0.1, 0.15) is 5.15 Å². The summed E-state index contributed by atoms with van der Waals surface area (Å²) in [5.74, 6) is -1.32. The van der Waals surface area contributed by atoms with Crippen LogP contribution < -0.4 is 5.32 Å². The summed E-state index contributed by atoms with van der Waals surface area (Å²) < 4.78 is 4.85. The third-order valence-corrected chi connectivity index (χ3v) is 4.54. The zero-order chi connectivity index (χ0) is 16.9. The molecule has 0 atom stereocenters. The summed E-state index contributed by atoms with van der Waals surface area (Å²) in [7, 11) is 0. The molecule has 1 aromatic heterocycles. The number of hydrogen-bond acceptors (Lipinski definition) is 4. The molecule has 122 valence electrons. The van der Waals surface area contributed by atoms with Crippen LogP contribution in [0.4, 0.5) is 0 Å². The Kier molecular flexibility index (Phi) is 7.69. The average Bonchev–Trinajstić information content (AvgIpc) is 2.51. The molecular weight excluding hydrogens is 374 g/mol. The molecule has 0 aromatic carbocycles. The summed E-state index contributed by atoms with van der Waals surface area (Å²) in [4.78, 5) is 27.3. The van der Waals surface area contributed by atoms with Gasteiger partial charge in [-0.1, -0.05) is 60.3 Å². The zero-order valence-corrected chi connectivity index (χ0v) is 14.9. The highest BCUT2D eigenvalue weighted by atomic mass is 35.5. The number of halogens is 4. The summed E-state index contributed by atoms with van der Waals surface area (Å²) in [6, 6.07) is 0.0346. The third kappa shape index (κ3) is 4.88. The van der Waals surface area contributed by atoms with E-state index in [1.807, 2.05) is 13.8 Å². The Bertz CT molecular complexity index is 577. The number of ether oxygens (including phenoxy) is 1. The Balaban J connectivity index is 2.73. The molecule has 0 aliphatic heterocycles. The van der Waals surface area contributed by atoms with Crippen molar-refractivity contribution in [3.63, 3.8) is 0 Å². The number of hydrogen-bond donors (Lipinski definition) is 1. The second-order valence-electron chi connectivity index (χ2n) is 4.35. The first-order valence-electron chi connectivity index (χ1n) is 6.48. The monoisotopic (exact) mass is 386 g/mol. The SMILES string of the molecule is CCC(CC)NC(=O)COC(=O)c1nc(Cl)c(Cl)c(Cl)c1Cl. The van der Waals surface area contributed by atoms with Crippen molar-refractivity contribution in [3.05, 3.63) is 25.9 Å². The lowest BCUT2D eigenvalue weighted by molar-refractivity contribution is -0.125. The highest BCUT2D eigenvalue weighted by molar-refractivity contribution is 6.52. The van der Waals surface area contributed by atoms with Gasteiger partial charge in [-0.3, -0.25) is 4.79 Å². The van der Waals surface area contributed by atoms with E-state index in [9.17, 15) is 9.59 Å². The number of carbonyl (C=O) groups is 2. The fourth-order valence-electron chi connectivity index (χ4n) is 1.58. The lowest BCUT2D eigenvalue weighted by atomic mass is 10.2. The molecule has 0 aliphatic rings. The van der Waals surface area contributed by atoms with Gasteiger partial charge in [-0.2, -0.15) is 0 Å². The smallest absolute Gasteiger partial charge is 0.359 e. The van der Waals surface area contributed by atoms with E-state index < -0.39 is 18.5 Å². The molecule has 0 saturated heterocycles. The molecule has 5 nitrogen and oxygen atoms in total. The number of aromatic nitrogens is 1. The van der Waals surface area contributed by atoms with Crippen molar-refractivity contribution in [1.29, 1.82) is 0 Å². The van der Waals surface area contributed by atoms with Crippen molar-refractivity contribution < 1.29 is 14.3 Å². The van der Waals surface area contributed by atoms with Crippen LogP contribution in [0.3, 0.4) is 0 Å². The van der Waals surface area contributed by atoms with E-state index in [0.717, 1.165) is 12.8 Å². The van der Waals surface area contributed by atoms with Crippen molar-refractivity contribution in [3.8, 4) is 0 Å². The standard InChI is InChI=1S/C13H14Cl4N2O3/c1-3-6(4-2)18-7(20)5-22-13(21)11-9(15)8(14)10(16)12(17)19-11/h6H,3-5H2,1-2H3,(H,18,20). The number of nitrogens with zero attached hydrogens (tertiary/aromatic N) is 1. The number of esters is 1. The molecule has 0 aliphatic carbocycles. The number of carbonyl (C=O) groups excluding carboxylic acids is 2. The highest BCUT2D eigenvalue weighted by Crippen LogP contribution is 2.36. The van der Waals surface area contributed by atoms with E-state index in [1.54, 1.807) is 0 Å². The van der Waals surface area contributed by atoms with E-state index >= 15 is 0 Å². The molecule has 1 heterocycles. The molecule has 0 unspecified atom stereocenters. The fourth-order valence-corrected chi connectivity index (χ4v) is 2.39. The van der Waals surface area contributed by atoms with Crippen LogP contribution in [0.1, 0.15) is 37.2 Å². The molecular formula is C13H14Cl4N2O3. The zero-order valence-electron chi connectivity index (χ0n) is 11.9. The summed E-state index contributed by atoms with van der Waals surface area (Å²) in [5, 5.41) is 2.21. The number of nitrogens with one attached hydrogen (secondary N) is 1. The second kappa shape index (κ2) is 8.77. The lowest BCUT2D eigenvalue weighted by Gasteiger charge is -2.14. The van der Waals surface area contributed by atoms with Gasteiger partial charge < -0.3 is 10.1 Å². The summed E-state index contributed by atoms with van der Waals surface area (Å²) in [6.07, 6.45) is 1.57. The molecule has 22 heavy (non-hydrogen) atoms. The molecule has 1 amide bonds. The lowest BCUT2D eigenvalue weighted by Crippen LogP contribution is -2.37. The van der Waals surface area contributed by atoms with Gasteiger partial charge >= 0.3 is 5.97 Å². The molecule has 0 spiro atoms. The topological polar surface area (TPSA) is 68.3 Å².